The van der Waals surface area contributed by atoms with E-state index in [4.69, 9.17) is 5.73 Å². The van der Waals surface area contributed by atoms with Crippen LogP contribution in [0, 0.1) is 6.92 Å². The van der Waals surface area contributed by atoms with E-state index < -0.39 is 0 Å². The Hall–Kier alpha value is -2.09. The summed E-state index contributed by atoms with van der Waals surface area (Å²) in [5, 5.41) is 0. The molecule has 2 aromatic carbocycles. The van der Waals surface area contributed by atoms with Crippen molar-refractivity contribution in [2.75, 3.05) is 5.73 Å². The average molecular weight is 241 g/mol. The topological polar surface area (TPSA) is 43.1 Å². The normalized spacial score (nSPS) is 9.28. The number of nitrogens with two attached hydrogens (primary N) is 1. The van der Waals surface area contributed by atoms with E-state index in [1.807, 2.05) is 51.1 Å². The molecule has 0 aromatic heterocycles. The number of anilines is 1. The molecule has 2 aromatic rings. The van der Waals surface area contributed by atoms with Gasteiger partial charge < -0.3 is 5.73 Å². The molecule has 0 amide bonds. The lowest BCUT2D eigenvalue weighted by molar-refractivity contribution is 0.103. The second kappa shape index (κ2) is 6.60. The van der Waals surface area contributed by atoms with Gasteiger partial charge in [0.05, 0.1) is 0 Å². The van der Waals surface area contributed by atoms with Crippen LogP contribution in [-0.4, -0.2) is 5.78 Å². The summed E-state index contributed by atoms with van der Waals surface area (Å²) in [6, 6.07) is 14.7. The highest BCUT2D eigenvalue weighted by molar-refractivity contribution is 6.12. The molecule has 2 nitrogen and oxygen atoms in total. The Morgan fingerprint density at radius 1 is 0.944 bits per heavy atom. The van der Waals surface area contributed by atoms with E-state index in [0.717, 1.165) is 5.56 Å². The summed E-state index contributed by atoms with van der Waals surface area (Å²) in [6.07, 6.45) is 0. The molecule has 2 heteroatoms. The van der Waals surface area contributed by atoms with Crippen LogP contribution in [0.5, 0.6) is 0 Å². The number of carbonyl (C=O) groups excluding carboxylic acids is 1. The minimum Gasteiger partial charge on any atom is -0.398 e. The third-order valence-electron chi connectivity index (χ3n) is 2.60. The van der Waals surface area contributed by atoms with Crippen LogP contribution in [0.25, 0.3) is 0 Å². The molecule has 0 radical (unpaired) electrons. The number of para-hydroxylation sites is 1. The van der Waals surface area contributed by atoms with Gasteiger partial charge in [-0.2, -0.15) is 0 Å². The lowest BCUT2D eigenvalue weighted by Crippen LogP contribution is -2.06. The average Bonchev–Trinajstić information content (AvgIpc) is 2.44. The van der Waals surface area contributed by atoms with Crippen molar-refractivity contribution in [2.45, 2.75) is 20.8 Å². The van der Waals surface area contributed by atoms with Gasteiger partial charge in [-0.15, -0.1) is 0 Å². The van der Waals surface area contributed by atoms with Gasteiger partial charge in [-0.1, -0.05) is 56.3 Å². The Balaban J connectivity index is 0.000000771. The predicted molar refractivity (Wildman–Crippen MR) is 76.8 cm³/mol. The number of hydrogen-bond acceptors (Lipinski definition) is 2. The largest absolute Gasteiger partial charge is 0.398 e. The first kappa shape index (κ1) is 14.0. The molecular formula is C16H19NO. The molecule has 18 heavy (non-hydrogen) atoms. The fraction of sp³-hybridized carbons (Fsp3) is 0.188. The molecule has 0 fully saturated rings. The maximum atomic E-state index is 12.1. The number of nitrogen functional groups attached to an aromatic ring is 1. The maximum absolute atomic E-state index is 12.1. The summed E-state index contributed by atoms with van der Waals surface area (Å²) in [5.41, 5.74) is 8.64. The Labute approximate surface area is 108 Å². The summed E-state index contributed by atoms with van der Waals surface area (Å²) < 4.78 is 0. The molecule has 0 atom stereocenters. The highest BCUT2D eigenvalue weighted by atomic mass is 16.1. The Morgan fingerprint density at radius 2 is 1.56 bits per heavy atom. The lowest BCUT2D eigenvalue weighted by atomic mass is 10.00. The van der Waals surface area contributed by atoms with Gasteiger partial charge in [0.25, 0.3) is 0 Å². The molecule has 2 rings (SSSR count). The second-order valence-corrected chi connectivity index (χ2v) is 3.73. The first-order valence-electron chi connectivity index (χ1n) is 6.15. The van der Waals surface area contributed by atoms with Gasteiger partial charge in [-0.25, -0.2) is 0 Å². The molecule has 0 aliphatic carbocycles. The molecule has 0 saturated carbocycles. The predicted octanol–water partition coefficient (Wildman–Crippen LogP) is 3.83. The molecule has 94 valence electrons. The molecule has 0 aliphatic rings. The van der Waals surface area contributed by atoms with Gasteiger partial charge in [0.1, 0.15) is 0 Å². The fourth-order valence-electron chi connectivity index (χ4n) is 1.62. The number of hydrogen-bond donors (Lipinski definition) is 1. The zero-order valence-electron chi connectivity index (χ0n) is 11.1. The van der Waals surface area contributed by atoms with Gasteiger partial charge in [0.2, 0.25) is 0 Å². The molecule has 0 heterocycles. The minimum atomic E-state index is -0.0261. The van der Waals surface area contributed by atoms with E-state index in [1.165, 1.54) is 0 Å². The van der Waals surface area contributed by atoms with E-state index in [2.05, 4.69) is 0 Å². The number of ketones is 1. The van der Waals surface area contributed by atoms with Crippen molar-refractivity contribution >= 4 is 11.5 Å². The van der Waals surface area contributed by atoms with E-state index >= 15 is 0 Å². The van der Waals surface area contributed by atoms with Crippen LogP contribution in [0.4, 0.5) is 5.69 Å². The van der Waals surface area contributed by atoms with Gasteiger partial charge in [0, 0.05) is 16.8 Å². The number of rotatable bonds is 2. The van der Waals surface area contributed by atoms with Crippen molar-refractivity contribution in [1.29, 1.82) is 0 Å². The number of benzene rings is 2. The van der Waals surface area contributed by atoms with Crippen LogP contribution < -0.4 is 5.73 Å². The molecule has 0 aliphatic heterocycles. The van der Waals surface area contributed by atoms with E-state index in [1.54, 1.807) is 18.2 Å². The summed E-state index contributed by atoms with van der Waals surface area (Å²) in [4.78, 5) is 12.1. The maximum Gasteiger partial charge on any atom is 0.195 e. The first-order valence-corrected chi connectivity index (χ1v) is 6.15. The van der Waals surface area contributed by atoms with Crippen molar-refractivity contribution in [1.82, 2.24) is 0 Å². The standard InChI is InChI=1S/C14H13NO.C2H6/c1-10-6-5-9-12(13(10)15)14(16)11-7-3-2-4-8-11;1-2/h2-9H,15H2,1H3;1-2H3. The highest BCUT2D eigenvalue weighted by Crippen LogP contribution is 2.19. The second-order valence-electron chi connectivity index (χ2n) is 3.73. The molecule has 0 spiro atoms. The summed E-state index contributed by atoms with van der Waals surface area (Å²) in [7, 11) is 0. The molecule has 2 N–H and O–H groups in total. The van der Waals surface area contributed by atoms with Crippen molar-refractivity contribution in [3.05, 3.63) is 65.2 Å². The Morgan fingerprint density at radius 3 is 2.17 bits per heavy atom. The van der Waals surface area contributed by atoms with Crippen LogP contribution in [-0.2, 0) is 0 Å². The van der Waals surface area contributed by atoms with E-state index in [9.17, 15) is 4.79 Å². The van der Waals surface area contributed by atoms with Crippen LogP contribution >= 0.6 is 0 Å². The van der Waals surface area contributed by atoms with Gasteiger partial charge >= 0.3 is 0 Å². The molecule has 0 unspecified atom stereocenters. The minimum absolute atomic E-state index is 0.0261. The molecule has 0 saturated heterocycles. The number of aryl methyl sites for hydroxylation is 1. The third kappa shape index (κ3) is 2.98. The zero-order valence-corrected chi connectivity index (χ0v) is 11.1. The van der Waals surface area contributed by atoms with Gasteiger partial charge in [-0.05, 0) is 18.6 Å². The van der Waals surface area contributed by atoms with Crippen LogP contribution in [0.3, 0.4) is 0 Å². The van der Waals surface area contributed by atoms with Gasteiger partial charge in [0.15, 0.2) is 5.78 Å². The van der Waals surface area contributed by atoms with Crippen molar-refractivity contribution in [3.63, 3.8) is 0 Å². The monoisotopic (exact) mass is 241 g/mol. The Bertz CT molecular complexity index is 518. The van der Waals surface area contributed by atoms with Crippen molar-refractivity contribution in [3.8, 4) is 0 Å². The van der Waals surface area contributed by atoms with Crippen LogP contribution in [0.15, 0.2) is 48.5 Å². The lowest BCUT2D eigenvalue weighted by Gasteiger charge is -2.07. The van der Waals surface area contributed by atoms with E-state index in [0.29, 0.717) is 16.8 Å². The van der Waals surface area contributed by atoms with Gasteiger partial charge in [-0.3, -0.25) is 4.79 Å². The summed E-state index contributed by atoms with van der Waals surface area (Å²) >= 11 is 0. The zero-order chi connectivity index (χ0) is 13.5. The first-order chi connectivity index (χ1) is 8.70. The third-order valence-corrected chi connectivity index (χ3v) is 2.60. The fourth-order valence-corrected chi connectivity index (χ4v) is 1.62. The SMILES string of the molecule is CC.Cc1cccc(C(=O)c2ccccc2)c1N. The van der Waals surface area contributed by atoms with Crippen molar-refractivity contribution in [2.24, 2.45) is 0 Å². The quantitative estimate of drug-likeness (QED) is 0.641. The smallest absolute Gasteiger partial charge is 0.195 e. The molecule has 0 bridgehead atoms. The summed E-state index contributed by atoms with van der Waals surface area (Å²) in [5.74, 6) is -0.0261. The van der Waals surface area contributed by atoms with Crippen LogP contribution in [0.1, 0.15) is 35.3 Å². The Kier molecular flexibility index (Phi) is 5.12. The number of carbonyl (C=O) groups is 1. The van der Waals surface area contributed by atoms with Crippen molar-refractivity contribution < 1.29 is 4.79 Å². The van der Waals surface area contributed by atoms with Crippen LogP contribution in [0.2, 0.25) is 0 Å². The highest BCUT2D eigenvalue weighted by Gasteiger charge is 2.12. The van der Waals surface area contributed by atoms with E-state index in [-0.39, 0.29) is 5.78 Å². The summed E-state index contributed by atoms with van der Waals surface area (Å²) in [6.45, 7) is 5.90. The molecular weight excluding hydrogens is 222 g/mol.